The minimum atomic E-state index is -0.880. The van der Waals surface area contributed by atoms with Gasteiger partial charge in [0.25, 0.3) is 0 Å². The number of nitriles is 1. The number of hydrogen-bond acceptors (Lipinski definition) is 8. The average Bonchev–Trinajstić information content (AvgIpc) is 3.49. The standard InChI is InChI=1S/C20H15N5OS3/c1-25-18(17-8-5-9-27-17)23-24-20(25)29-12-16(26)14(10-21)19-22-15(11-28-19)13-6-3-2-4-7-13/h2-9,11,14H,12H2,1H3. The lowest BCUT2D eigenvalue weighted by Gasteiger charge is -2.05. The third kappa shape index (κ3) is 4.15. The number of Topliss-reactive ketones (excluding diaryl/α,β-unsaturated/α-hetero) is 1. The molecule has 0 radical (unpaired) electrons. The topological polar surface area (TPSA) is 84.5 Å². The van der Waals surface area contributed by atoms with Gasteiger partial charge in [-0.15, -0.1) is 32.9 Å². The van der Waals surface area contributed by atoms with Gasteiger partial charge in [0.05, 0.1) is 22.4 Å². The van der Waals surface area contributed by atoms with Crippen LogP contribution in [0.2, 0.25) is 0 Å². The Labute approximate surface area is 179 Å². The summed E-state index contributed by atoms with van der Waals surface area (Å²) in [6.07, 6.45) is 0. The smallest absolute Gasteiger partial charge is 0.191 e. The molecule has 1 atom stereocenters. The normalized spacial score (nSPS) is 11.9. The van der Waals surface area contributed by atoms with Crippen LogP contribution in [0.25, 0.3) is 22.0 Å². The molecule has 1 unspecified atom stereocenters. The van der Waals surface area contributed by atoms with Crippen molar-refractivity contribution in [3.63, 3.8) is 0 Å². The van der Waals surface area contributed by atoms with Gasteiger partial charge in [0.15, 0.2) is 22.7 Å². The highest BCUT2D eigenvalue weighted by Crippen LogP contribution is 2.29. The van der Waals surface area contributed by atoms with Crippen molar-refractivity contribution >= 4 is 40.2 Å². The van der Waals surface area contributed by atoms with Gasteiger partial charge >= 0.3 is 0 Å². The molecule has 0 bridgehead atoms. The minimum Gasteiger partial charge on any atom is -0.304 e. The number of hydrogen-bond donors (Lipinski definition) is 0. The van der Waals surface area contributed by atoms with E-state index in [4.69, 9.17) is 0 Å². The second-order valence-corrected chi connectivity index (χ2v) is 8.88. The van der Waals surface area contributed by atoms with Crippen LogP contribution in [0.1, 0.15) is 10.9 Å². The molecule has 0 saturated heterocycles. The number of rotatable bonds is 7. The van der Waals surface area contributed by atoms with E-state index in [0.717, 1.165) is 22.0 Å². The number of thioether (sulfide) groups is 1. The predicted octanol–water partition coefficient (Wildman–Crippen LogP) is 4.64. The van der Waals surface area contributed by atoms with Crippen LogP contribution >= 0.6 is 34.4 Å². The summed E-state index contributed by atoms with van der Waals surface area (Å²) in [5.41, 5.74) is 1.74. The van der Waals surface area contributed by atoms with Crippen molar-refractivity contribution in [1.29, 1.82) is 5.26 Å². The zero-order valence-electron chi connectivity index (χ0n) is 15.3. The largest absolute Gasteiger partial charge is 0.304 e. The number of carbonyl (C=O) groups excluding carboxylic acids is 1. The molecule has 4 rings (SSSR count). The minimum absolute atomic E-state index is 0.134. The van der Waals surface area contributed by atoms with E-state index in [0.29, 0.717) is 10.2 Å². The number of aromatic nitrogens is 4. The maximum absolute atomic E-state index is 12.7. The molecule has 3 aromatic heterocycles. The first-order valence-electron chi connectivity index (χ1n) is 8.66. The SMILES string of the molecule is Cn1c(SCC(=O)C(C#N)c2nc(-c3ccccc3)cs2)nnc1-c1cccs1. The highest BCUT2D eigenvalue weighted by molar-refractivity contribution is 7.99. The van der Waals surface area contributed by atoms with Gasteiger partial charge < -0.3 is 4.57 Å². The average molecular weight is 438 g/mol. The van der Waals surface area contributed by atoms with Crippen molar-refractivity contribution in [2.45, 2.75) is 11.1 Å². The zero-order valence-corrected chi connectivity index (χ0v) is 17.8. The predicted molar refractivity (Wildman–Crippen MR) is 116 cm³/mol. The van der Waals surface area contributed by atoms with Gasteiger partial charge in [0, 0.05) is 18.0 Å². The molecule has 29 heavy (non-hydrogen) atoms. The monoisotopic (exact) mass is 437 g/mol. The molecule has 0 N–H and O–H groups in total. The van der Waals surface area contributed by atoms with Gasteiger partial charge in [0.2, 0.25) is 0 Å². The Balaban J connectivity index is 1.45. The Morgan fingerprint density at radius 1 is 1.21 bits per heavy atom. The van der Waals surface area contributed by atoms with Crippen molar-refractivity contribution in [2.75, 3.05) is 5.75 Å². The Kier molecular flexibility index (Phi) is 5.85. The molecule has 9 heteroatoms. The highest BCUT2D eigenvalue weighted by Gasteiger charge is 2.25. The van der Waals surface area contributed by atoms with Crippen LogP contribution < -0.4 is 0 Å². The molecular weight excluding hydrogens is 422 g/mol. The van der Waals surface area contributed by atoms with E-state index in [2.05, 4.69) is 21.3 Å². The molecule has 1 aromatic carbocycles. The number of nitrogens with zero attached hydrogens (tertiary/aromatic N) is 5. The molecule has 0 spiro atoms. The van der Waals surface area contributed by atoms with Crippen molar-refractivity contribution in [3.8, 4) is 28.0 Å². The number of ketones is 1. The quantitative estimate of drug-likeness (QED) is 0.392. The summed E-state index contributed by atoms with van der Waals surface area (Å²) < 4.78 is 1.86. The molecule has 0 aliphatic heterocycles. The molecule has 144 valence electrons. The summed E-state index contributed by atoms with van der Waals surface area (Å²) >= 11 is 4.21. The van der Waals surface area contributed by atoms with E-state index in [1.165, 1.54) is 23.1 Å². The van der Waals surface area contributed by atoms with Gasteiger partial charge in [-0.05, 0) is 11.4 Å². The third-order valence-electron chi connectivity index (χ3n) is 4.21. The number of carbonyl (C=O) groups is 1. The first kappa shape index (κ1) is 19.5. The fourth-order valence-electron chi connectivity index (χ4n) is 2.71. The Morgan fingerprint density at radius 3 is 2.76 bits per heavy atom. The molecular formula is C20H15N5OS3. The summed E-state index contributed by atoms with van der Waals surface area (Å²) in [4.78, 5) is 18.2. The Bertz CT molecular complexity index is 1160. The molecule has 4 aromatic rings. The lowest BCUT2D eigenvalue weighted by molar-refractivity contribution is -0.116. The first-order valence-corrected chi connectivity index (χ1v) is 11.4. The van der Waals surface area contributed by atoms with Gasteiger partial charge in [0.1, 0.15) is 5.01 Å². The maximum Gasteiger partial charge on any atom is 0.191 e. The first-order chi connectivity index (χ1) is 14.2. The Morgan fingerprint density at radius 2 is 2.03 bits per heavy atom. The van der Waals surface area contributed by atoms with Crippen molar-refractivity contribution < 1.29 is 4.79 Å². The van der Waals surface area contributed by atoms with Crippen LogP contribution in [-0.4, -0.2) is 31.3 Å². The lowest BCUT2D eigenvalue weighted by atomic mass is 10.1. The van der Waals surface area contributed by atoms with Crippen LogP contribution in [0.4, 0.5) is 0 Å². The second kappa shape index (κ2) is 8.69. The van der Waals surface area contributed by atoms with Crippen molar-refractivity contribution in [1.82, 2.24) is 19.7 Å². The summed E-state index contributed by atoms with van der Waals surface area (Å²) in [6.45, 7) is 0. The molecule has 0 aliphatic rings. The zero-order chi connectivity index (χ0) is 20.2. The summed E-state index contributed by atoms with van der Waals surface area (Å²) in [6, 6.07) is 15.8. The van der Waals surface area contributed by atoms with Crippen LogP contribution in [0.3, 0.4) is 0 Å². The summed E-state index contributed by atoms with van der Waals surface area (Å²) in [5, 5.41) is 23.0. The van der Waals surface area contributed by atoms with Crippen molar-refractivity contribution in [3.05, 3.63) is 58.2 Å². The number of benzene rings is 1. The fourth-order valence-corrected chi connectivity index (χ4v) is 5.16. The van der Waals surface area contributed by atoms with E-state index in [-0.39, 0.29) is 11.5 Å². The Hall–Kier alpha value is -2.80. The van der Waals surface area contributed by atoms with Crippen LogP contribution in [0.15, 0.2) is 58.4 Å². The maximum atomic E-state index is 12.7. The summed E-state index contributed by atoms with van der Waals surface area (Å²) in [5.74, 6) is -0.171. The molecule has 0 aliphatic carbocycles. The summed E-state index contributed by atoms with van der Waals surface area (Å²) in [7, 11) is 1.87. The van der Waals surface area contributed by atoms with E-state index in [1.54, 1.807) is 11.3 Å². The van der Waals surface area contributed by atoms with Gasteiger partial charge in [-0.2, -0.15) is 5.26 Å². The fraction of sp³-hybridized carbons (Fsp3) is 0.150. The third-order valence-corrected chi connectivity index (χ3v) is 7.03. The molecule has 0 fully saturated rings. The van der Waals surface area contributed by atoms with E-state index >= 15 is 0 Å². The van der Waals surface area contributed by atoms with E-state index < -0.39 is 5.92 Å². The molecule has 3 heterocycles. The van der Waals surface area contributed by atoms with Gasteiger partial charge in [-0.25, -0.2) is 4.98 Å². The lowest BCUT2D eigenvalue weighted by Crippen LogP contribution is -2.13. The van der Waals surface area contributed by atoms with Gasteiger partial charge in [-0.1, -0.05) is 48.2 Å². The number of thiazole rings is 1. The van der Waals surface area contributed by atoms with E-state index in [9.17, 15) is 10.1 Å². The second-order valence-electron chi connectivity index (χ2n) is 6.10. The van der Waals surface area contributed by atoms with Crippen molar-refractivity contribution in [2.24, 2.45) is 7.05 Å². The van der Waals surface area contributed by atoms with Crippen LogP contribution in [0, 0.1) is 11.3 Å². The molecule has 0 amide bonds. The van der Waals surface area contributed by atoms with Gasteiger partial charge in [-0.3, -0.25) is 4.79 Å². The van der Waals surface area contributed by atoms with Crippen LogP contribution in [0.5, 0.6) is 0 Å². The number of thiophene rings is 1. The van der Waals surface area contributed by atoms with E-state index in [1.807, 2.05) is 64.8 Å². The highest BCUT2D eigenvalue weighted by atomic mass is 32.2. The molecule has 6 nitrogen and oxygen atoms in total. The van der Waals surface area contributed by atoms with Crippen LogP contribution in [-0.2, 0) is 11.8 Å². The molecule has 0 saturated carbocycles.